The van der Waals surface area contributed by atoms with Crippen molar-refractivity contribution >= 4 is 23.5 Å². The van der Waals surface area contributed by atoms with Gasteiger partial charge < -0.3 is 10.2 Å². The quantitative estimate of drug-likeness (QED) is 0.487. The third kappa shape index (κ3) is 4.72. The largest absolute Gasteiger partial charge is 0.455 e. The predicted octanol–water partition coefficient (Wildman–Crippen LogP) is 3.46. The van der Waals surface area contributed by atoms with E-state index in [0.29, 0.717) is 5.76 Å². The van der Waals surface area contributed by atoms with Crippen LogP contribution in [0.3, 0.4) is 0 Å². The number of unbranched alkanes of at least 4 members (excludes halogenated alkanes) is 1. The molecule has 1 aromatic heterocycles. The first kappa shape index (κ1) is 15.3. The second-order valence-electron chi connectivity index (χ2n) is 4.74. The number of nitrogens with zero attached hydrogens (tertiary/aromatic N) is 1. The Morgan fingerprint density at radius 2 is 2.05 bits per heavy atom. The number of aryl methyl sites for hydroxylation is 1. The Morgan fingerprint density at radius 3 is 2.71 bits per heavy atom. The van der Waals surface area contributed by atoms with Crippen LogP contribution in [0.25, 0.3) is 11.3 Å². The molecule has 0 atom stereocenters. The molecular weight excluding hydrogens is 282 g/mol. The van der Waals surface area contributed by atoms with Gasteiger partial charge in [0.2, 0.25) is 0 Å². The van der Waals surface area contributed by atoms with Crippen molar-refractivity contribution in [2.24, 2.45) is 10.8 Å². The van der Waals surface area contributed by atoms with E-state index >= 15 is 0 Å². The first-order valence-electron chi connectivity index (χ1n) is 6.96. The van der Waals surface area contributed by atoms with Gasteiger partial charge >= 0.3 is 0 Å². The lowest BCUT2D eigenvalue weighted by Crippen LogP contribution is -2.23. The fraction of sp³-hybridized carbons (Fsp3) is 0.250. The highest BCUT2D eigenvalue weighted by Gasteiger charge is 2.03. The number of hydrazone groups is 1. The Morgan fingerprint density at radius 1 is 1.29 bits per heavy atom. The summed E-state index contributed by atoms with van der Waals surface area (Å²) in [7, 11) is 0. The zero-order chi connectivity index (χ0) is 15.1. The van der Waals surface area contributed by atoms with Crippen LogP contribution in [0.2, 0.25) is 0 Å². The van der Waals surface area contributed by atoms with Crippen LogP contribution in [-0.4, -0.2) is 11.3 Å². The molecule has 4 nitrogen and oxygen atoms in total. The Kier molecular flexibility index (Phi) is 5.51. The number of thiocarbonyl (C=S) groups is 1. The summed E-state index contributed by atoms with van der Waals surface area (Å²) in [6.07, 6.45) is 5.09. The minimum atomic E-state index is 0.126. The molecule has 0 saturated carbocycles. The van der Waals surface area contributed by atoms with Crippen LogP contribution in [0.15, 0.2) is 45.9 Å². The molecule has 0 spiro atoms. The summed E-state index contributed by atoms with van der Waals surface area (Å²) in [5, 5.41) is 3.99. The van der Waals surface area contributed by atoms with Crippen molar-refractivity contribution in [1.82, 2.24) is 5.43 Å². The van der Waals surface area contributed by atoms with Gasteiger partial charge in [-0.25, -0.2) is 0 Å². The summed E-state index contributed by atoms with van der Waals surface area (Å²) >= 11 is 4.66. The van der Waals surface area contributed by atoms with Crippen LogP contribution >= 0.6 is 12.2 Å². The number of nitrogens with one attached hydrogen (secondary N) is 1. The lowest BCUT2D eigenvalue weighted by molar-refractivity contribution is 0.574. The van der Waals surface area contributed by atoms with Crippen LogP contribution < -0.4 is 11.2 Å². The Labute approximate surface area is 130 Å². The summed E-state index contributed by atoms with van der Waals surface area (Å²) in [4.78, 5) is 0. The average Bonchev–Trinajstić information content (AvgIpc) is 2.94. The van der Waals surface area contributed by atoms with Gasteiger partial charge in [0.25, 0.3) is 0 Å². The number of nitrogens with two attached hydrogens (primary N) is 1. The average molecular weight is 301 g/mol. The summed E-state index contributed by atoms with van der Waals surface area (Å²) in [6, 6.07) is 12.2. The van der Waals surface area contributed by atoms with E-state index in [-0.39, 0.29) is 5.11 Å². The van der Waals surface area contributed by atoms with E-state index in [4.69, 9.17) is 10.2 Å². The summed E-state index contributed by atoms with van der Waals surface area (Å²) in [5.74, 6) is 1.46. The van der Waals surface area contributed by atoms with Crippen molar-refractivity contribution < 1.29 is 4.42 Å². The fourth-order valence-electron chi connectivity index (χ4n) is 1.95. The molecule has 0 radical (unpaired) electrons. The molecule has 2 aromatic rings. The molecule has 1 aromatic carbocycles. The van der Waals surface area contributed by atoms with Gasteiger partial charge in [-0.1, -0.05) is 37.6 Å². The third-order valence-electron chi connectivity index (χ3n) is 3.05. The monoisotopic (exact) mass is 301 g/mol. The Hall–Kier alpha value is -2.14. The SMILES string of the molecule is CCCCc1ccc(-c2ccc(C=NNC(N)=S)o2)cc1. The molecule has 1 heterocycles. The van der Waals surface area contributed by atoms with Gasteiger partial charge in [-0.2, -0.15) is 5.10 Å². The molecule has 0 aliphatic heterocycles. The van der Waals surface area contributed by atoms with E-state index in [1.807, 2.05) is 12.1 Å². The number of rotatable bonds is 6. The van der Waals surface area contributed by atoms with Crippen LogP contribution in [-0.2, 0) is 6.42 Å². The number of furan rings is 1. The lowest BCUT2D eigenvalue weighted by atomic mass is 10.1. The van der Waals surface area contributed by atoms with Crippen LogP contribution in [0.1, 0.15) is 31.1 Å². The Balaban J connectivity index is 2.03. The van der Waals surface area contributed by atoms with E-state index in [2.05, 4.69) is 53.9 Å². The van der Waals surface area contributed by atoms with E-state index in [1.54, 1.807) is 0 Å². The van der Waals surface area contributed by atoms with Gasteiger partial charge in [0.05, 0.1) is 6.21 Å². The maximum atomic E-state index is 5.70. The predicted molar refractivity (Wildman–Crippen MR) is 90.3 cm³/mol. The zero-order valence-electron chi connectivity index (χ0n) is 12.0. The minimum absolute atomic E-state index is 0.126. The third-order valence-corrected chi connectivity index (χ3v) is 3.14. The van der Waals surface area contributed by atoms with Gasteiger partial charge in [-0.3, -0.25) is 5.43 Å². The molecule has 0 fully saturated rings. The summed E-state index contributed by atoms with van der Waals surface area (Å²) < 4.78 is 5.70. The molecule has 2 rings (SSSR count). The molecule has 0 amide bonds. The molecule has 3 N–H and O–H groups in total. The van der Waals surface area contributed by atoms with E-state index < -0.39 is 0 Å². The topological polar surface area (TPSA) is 63.5 Å². The maximum absolute atomic E-state index is 5.70. The van der Waals surface area contributed by atoms with Crippen molar-refractivity contribution in [3.8, 4) is 11.3 Å². The highest BCUT2D eigenvalue weighted by Crippen LogP contribution is 2.22. The summed E-state index contributed by atoms with van der Waals surface area (Å²) in [5.41, 5.74) is 10.2. The van der Waals surface area contributed by atoms with Crippen LogP contribution in [0.4, 0.5) is 0 Å². The number of benzene rings is 1. The molecule has 0 bridgehead atoms. The van der Waals surface area contributed by atoms with Crippen molar-refractivity contribution in [1.29, 1.82) is 0 Å². The molecule has 0 aliphatic rings. The highest BCUT2D eigenvalue weighted by molar-refractivity contribution is 7.80. The lowest BCUT2D eigenvalue weighted by Gasteiger charge is -2.01. The van der Waals surface area contributed by atoms with Gasteiger partial charge in [0.15, 0.2) is 5.11 Å². The highest BCUT2D eigenvalue weighted by atomic mass is 32.1. The molecule has 5 heteroatoms. The van der Waals surface area contributed by atoms with Crippen LogP contribution in [0.5, 0.6) is 0 Å². The smallest absolute Gasteiger partial charge is 0.184 e. The molecular formula is C16H19N3OS. The van der Waals surface area contributed by atoms with Crippen molar-refractivity contribution in [2.45, 2.75) is 26.2 Å². The minimum Gasteiger partial charge on any atom is -0.455 e. The zero-order valence-corrected chi connectivity index (χ0v) is 12.8. The first-order valence-corrected chi connectivity index (χ1v) is 7.37. The van der Waals surface area contributed by atoms with E-state index in [0.717, 1.165) is 17.7 Å². The standard InChI is InChI=1S/C16H19N3OS/c1-2-3-4-12-5-7-13(8-6-12)15-10-9-14(20-15)11-18-19-16(17)21/h5-11H,2-4H2,1H3,(H3,17,19,21). The van der Waals surface area contributed by atoms with Crippen molar-refractivity contribution in [2.75, 3.05) is 0 Å². The molecule has 0 unspecified atom stereocenters. The van der Waals surface area contributed by atoms with Crippen molar-refractivity contribution in [3.63, 3.8) is 0 Å². The van der Waals surface area contributed by atoms with Gasteiger partial charge in [0.1, 0.15) is 11.5 Å². The molecule has 0 aliphatic carbocycles. The van der Waals surface area contributed by atoms with Crippen molar-refractivity contribution in [3.05, 3.63) is 47.7 Å². The number of hydrogen-bond donors (Lipinski definition) is 2. The van der Waals surface area contributed by atoms with Gasteiger partial charge in [-0.05, 0) is 42.8 Å². The molecule has 110 valence electrons. The second kappa shape index (κ2) is 7.59. The van der Waals surface area contributed by atoms with E-state index in [1.165, 1.54) is 24.6 Å². The molecule has 0 saturated heterocycles. The normalized spacial score (nSPS) is 10.9. The maximum Gasteiger partial charge on any atom is 0.184 e. The number of hydrogen-bond acceptors (Lipinski definition) is 3. The molecule has 21 heavy (non-hydrogen) atoms. The fourth-order valence-corrected chi connectivity index (χ4v) is 2.01. The summed E-state index contributed by atoms with van der Waals surface area (Å²) in [6.45, 7) is 2.20. The Bertz CT molecular complexity index is 617. The van der Waals surface area contributed by atoms with Gasteiger partial charge in [-0.15, -0.1) is 0 Å². The van der Waals surface area contributed by atoms with Gasteiger partial charge in [0, 0.05) is 5.56 Å². The van der Waals surface area contributed by atoms with E-state index in [9.17, 15) is 0 Å². The second-order valence-corrected chi connectivity index (χ2v) is 5.18. The first-order chi connectivity index (χ1) is 10.2. The van der Waals surface area contributed by atoms with Crippen LogP contribution in [0, 0.1) is 0 Å².